The zero-order valence-corrected chi connectivity index (χ0v) is 11.0. The Morgan fingerprint density at radius 1 is 1.11 bits per heavy atom. The summed E-state index contributed by atoms with van der Waals surface area (Å²) in [5.41, 5.74) is 1.60. The maximum Gasteiger partial charge on any atom is 0.260 e. The lowest BCUT2D eigenvalue weighted by molar-refractivity contribution is -0.118. The van der Waals surface area contributed by atoms with E-state index in [0.717, 1.165) is 15.8 Å². The van der Waals surface area contributed by atoms with Crippen molar-refractivity contribution in [2.45, 2.75) is 0 Å². The van der Waals surface area contributed by atoms with Crippen molar-refractivity contribution in [1.29, 1.82) is 0 Å². The van der Waals surface area contributed by atoms with Crippen LogP contribution in [0.2, 0.25) is 0 Å². The number of fused-ring (bicyclic) bond motifs is 1. The van der Waals surface area contributed by atoms with E-state index in [-0.39, 0.29) is 11.8 Å². The molecule has 0 saturated carbocycles. The molecule has 1 heterocycles. The second kappa shape index (κ2) is 4.46. The molecule has 18 heavy (non-hydrogen) atoms. The van der Waals surface area contributed by atoms with Crippen LogP contribution in [0.15, 0.2) is 63.0 Å². The SMILES string of the molecule is O=C1N=C(c2ccccc2)N=C2C=C(Br)C=CC12. The van der Waals surface area contributed by atoms with Crippen LogP contribution in [-0.4, -0.2) is 17.5 Å². The van der Waals surface area contributed by atoms with E-state index in [0.29, 0.717) is 5.84 Å². The molecule has 2 aliphatic rings. The van der Waals surface area contributed by atoms with Crippen molar-refractivity contribution in [3.05, 3.63) is 58.6 Å². The van der Waals surface area contributed by atoms with Crippen molar-refractivity contribution in [3.8, 4) is 0 Å². The molecule has 0 fully saturated rings. The molecule has 1 aliphatic carbocycles. The Morgan fingerprint density at radius 3 is 2.67 bits per heavy atom. The van der Waals surface area contributed by atoms with Gasteiger partial charge in [0.05, 0.1) is 5.71 Å². The maximum atomic E-state index is 12.0. The molecular formula is C14H9BrN2O. The third kappa shape index (κ3) is 1.99. The van der Waals surface area contributed by atoms with Gasteiger partial charge in [0.25, 0.3) is 5.91 Å². The molecule has 1 amide bonds. The van der Waals surface area contributed by atoms with Gasteiger partial charge in [-0.1, -0.05) is 58.4 Å². The molecular weight excluding hydrogens is 292 g/mol. The molecule has 88 valence electrons. The summed E-state index contributed by atoms with van der Waals surface area (Å²) >= 11 is 3.39. The van der Waals surface area contributed by atoms with Crippen molar-refractivity contribution in [3.63, 3.8) is 0 Å². The lowest BCUT2D eigenvalue weighted by Gasteiger charge is -2.18. The molecule has 1 unspecified atom stereocenters. The quantitative estimate of drug-likeness (QED) is 0.786. The molecule has 3 nitrogen and oxygen atoms in total. The number of hydrogen-bond donors (Lipinski definition) is 0. The van der Waals surface area contributed by atoms with Gasteiger partial charge in [0.1, 0.15) is 5.92 Å². The van der Waals surface area contributed by atoms with Crippen LogP contribution in [0, 0.1) is 5.92 Å². The van der Waals surface area contributed by atoms with Crippen molar-refractivity contribution >= 4 is 33.4 Å². The fraction of sp³-hybridized carbons (Fsp3) is 0.0714. The van der Waals surface area contributed by atoms with Gasteiger partial charge >= 0.3 is 0 Å². The lowest BCUT2D eigenvalue weighted by atomic mass is 9.96. The first-order valence-electron chi connectivity index (χ1n) is 5.56. The van der Waals surface area contributed by atoms with Crippen LogP contribution in [-0.2, 0) is 4.79 Å². The average Bonchev–Trinajstić information content (AvgIpc) is 2.39. The first-order valence-corrected chi connectivity index (χ1v) is 6.35. The molecule has 3 rings (SSSR count). The minimum atomic E-state index is -0.334. The Bertz CT molecular complexity index is 626. The van der Waals surface area contributed by atoms with E-state index >= 15 is 0 Å². The largest absolute Gasteiger partial charge is 0.271 e. The van der Waals surface area contributed by atoms with Crippen LogP contribution < -0.4 is 0 Å². The number of aliphatic imine (C=N–C) groups is 2. The van der Waals surface area contributed by atoms with E-state index in [1.165, 1.54) is 0 Å². The summed E-state index contributed by atoms with van der Waals surface area (Å²) in [7, 11) is 0. The number of allylic oxidation sites excluding steroid dienone is 3. The molecule has 0 aromatic heterocycles. The van der Waals surface area contributed by atoms with Crippen molar-refractivity contribution in [2.75, 3.05) is 0 Å². The Kier molecular flexibility index (Phi) is 2.80. The predicted molar refractivity (Wildman–Crippen MR) is 75.1 cm³/mol. The second-order valence-corrected chi connectivity index (χ2v) is 4.96. The highest BCUT2D eigenvalue weighted by molar-refractivity contribution is 9.11. The molecule has 1 aromatic rings. The summed E-state index contributed by atoms with van der Waals surface area (Å²) in [4.78, 5) is 20.5. The smallest absolute Gasteiger partial charge is 0.260 e. The summed E-state index contributed by atoms with van der Waals surface area (Å²) < 4.78 is 0.916. The summed E-state index contributed by atoms with van der Waals surface area (Å²) in [5.74, 6) is -0.0104. The van der Waals surface area contributed by atoms with Gasteiger partial charge in [0.2, 0.25) is 0 Å². The molecule has 0 spiro atoms. The van der Waals surface area contributed by atoms with Crippen molar-refractivity contribution < 1.29 is 4.79 Å². The first-order chi connectivity index (χ1) is 8.74. The number of amidine groups is 1. The highest BCUT2D eigenvalue weighted by Crippen LogP contribution is 2.23. The summed E-state index contributed by atoms with van der Waals surface area (Å²) in [5, 5.41) is 0. The average molecular weight is 301 g/mol. The van der Waals surface area contributed by atoms with Crippen LogP contribution in [0.25, 0.3) is 0 Å². The standard InChI is InChI=1S/C14H9BrN2O/c15-10-6-7-11-12(8-10)16-13(17-14(11)18)9-4-2-1-3-5-9/h1-8,11H. The number of benzene rings is 1. The lowest BCUT2D eigenvalue weighted by Crippen LogP contribution is -2.27. The van der Waals surface area contributed by atoms with E-state index in [1.807, 2.05) is 48.6 Å². The molecule has 1 aliphatic heterocycles. The van der Waals surface area contributed by atoms with Crippen LogP contribution in [0.1, 0.15) is 5.56 Å². The van der Waals surface area contributed by atoms with Gasteiger partial charge in [0.15, 0.2) is 5.84 Å². The van der Waals surface area contributed by atoms with Gasteiger partial charge in [-0.05, 0) is 6.08 Å². The van der Waals surface area contributed by atoms with Crippen molar-refractivity contribution in [1.82, 2.24) is 0 Å². The van der Waals surface area contributed by atoms with Gasteiger partial charge in [0, 0.05) is 10.0 Å². The summed E-state index contributed by atoms with van der Waals surface area (Å²) in [6, 6.07) is 9.52. The minimum absolute atomic E-state index is 0.161. The normalized spacial score (nSPS) is 21.9. The van der Waals surface area contributed by atoms with E-state index < -0.39 is 0 Å². The monoisotopic (exact) mass is 300 g/mol. The number of rotatable bonds is 1. The fourth-order valence-corrected chi connectivity index (χ4v) is 2.30. The van der Waals surface area contributed by atoms with Gasteiger partial charge in [-0.15, -0.1) is 0 Å². The van der Waals surface area contributed by atoms with Gasteiger partial charge in [-0.3, -0.25) is 4.79 Å². The Balaban J connectivity index is 2.05. The number of hydrogen-bond acceptors (Lipinski definition) is 2. The van der Waals surface area contributed by atoms with Crippen molar-refractivity contribution in [2.24, 2.45) is 15.9 Å². The molecule has 0 N–H and O–H groups in total. The zero-order valence-electron chi connectivity index (χ0n) is 9.38. The third-order valence-electron chi connectivity index (χ3n) is 2.80. The first kappa shape index (κ1) is 11.3. The number of nitrogens with zero attached hydrogens (tertiary/aromatic N) is 2. The van der Waals surface area contributed by atoms with Gasteiger partial charge < -0.3 is 0 Å². The Labute approximate surface area is 113 Å². The number of amides is 1. The van der Waals surface area contributed by atoms with Crippen LogP contribution >= 0.6 is 15.9 Å². The second-order valence-electron chi connectivity index (χ2n) is 4.04. The highest BCUT2D eigenvalue weighted by Gasteiger charge is 2.27. The number of carbonyl (C=O) groups excluding carboxylic acids is 1. The van der Waals surface area contributed by atoms with Crippen LogP contribution in [0.5, 0.6) is 0 Å². The Morgan fingerprint density at radius 2 is 1.89 bits per heavy atom. The highest BCUT2D eigenvalue weighted by atomic mass is 79.9. The Hall–Kier alpha value is -1.81. The van der Waals surface area contributed by atoms with Gasteiger partial charge in [-0.25, -0.2) is 4.99 Å². The zero-order chi connectivity index (χ0) is 12.5. The van der Waals surface area contributed by atoms with Crippen LogP contribution in [0.3, 0.4) is 0 Å². The maximum absolute atomic E-state index is 12.0. The number of halogens is 1. The van der Waals surface area contributed by atoms with E-state index in [2.05, 4.69) is 25.9 Å². The third-order valence-corrected chi connectivity index (χ3v) is 3.29. The molecule has 1 atom stereocenters. The molecule has 0 radical (unpaired) electrons. The fourth-order valence-electron chi connectivity index (χ4n) is 1.91. The van der Waals surface area contributed by atoms with Crippen LogP contribution in [0.4, 0.5) is 0 Å². The van der Waals surface area contributed by atoms with Gasteiger partial charge in [-0.2, -0.15) is 4.99 Å². The molecule has 4 heteroatoms. The number of carbonyl (C=O) groups is 1. The molecule has 0 bridgehead atoms. The minimum Gasteiger partial charge on any atom is -0.271 e. The van der Waals surface area contributed by atoms with E-state index in [1.54, 1.807) is 0 Å². The predicted octanol–water partition coefficient (Wildman–Crippen LogP) is 2.88. The van der Waals surface area contributed by atoms with E-state index in [9.17, 15) is 4.79 Å². The molecule has 1 aromatic carbocycles. The van der Waals surface area contributed by atoms with E-state index in [4.69, 9.17) is 0 Å². The summed E-state index contributed by atoms with van der Waals surface area (Å²) in [6.07, 6.45) is 5.53. The summed E-state index contributed by atoms with van der Waals surface area (Å²) in [6.45, 7) is 0. The topological polar surface area (TPSA) is 41.8 Å². The molecule has 0 saturated heterocycles.